The minimum Gasteiger partial charge on any atom is -0.357 e. The number of rotatable bonds is 8. The lowest BCUT2D eigenvalue weighted by atomic mass is 10.2. The molecule has 1 aliphatic heterocycles. The van der Waals surface area contributed by atoms with Gasteiger partial charge in [-0.25, -0.2) is 0 Å². The third-order valence-corrected chi connectivity index (χ3v) is 5.15. The first-order valence-corrected chi connectivity index (χ1v) is 9.81. The fourth-order valence-corrected chi connectivity index (χ4v) is 4.01. The quantitative estimate of drug-likeness (QED) is 0.267. The van der Waals surface area contributed by atoms with Crippen molar-refractivity contribution in [2.45, 2.75) is 52.5 Å². The zero-order valence-electron chi connectivity index (χ0n) is 15.3. The van der Waals surface area contributed by atoms with E-state index >= 15 is 0 Å². The lowest BCUT2D eigenvalue weighted by Crippen LogP contribution is -2.43. The van der Waals surface area contributed by atoms with Gasteiger partial charge in [0.25, 0.3) is 0 Å². The van der Waals surface area contributed by atoms with E-state index in [1.165, 1.54) is 42.2 Å². The highest BCUT2D eigenvalue weighted by molar-refractivity contribution is 14.0. The summed E-state index contributed by atoms with van der Waals surface area (Å²) in [6.45, 7) is 12.1. The Morgan fingerprint density at radius 3 is 2.71 bits per heavy atom. The first kappa shape index (κ1) is 21.7. The van der Waals surface area contributed by atoms with Gasteiger partial charge in [0.1, 0.15) is 0 Å². The topological polar surface area (TPSA) is 39.7 Å². The number of aryl methyl sites for hydroxylation is 1. The zero-order chi connectivity index (χ0) is 16.5. The number of thiophene rings is 1. The molecule has 1 aromatic rings. The minimum atomic E-state index is 0. The van der Waals surface area contributed by atoms with Gasteiger partial charge in [0.2, 0.25) is 0 Å². The molecular weight excluding hydrogens is 431 g/mol. The molecule has 0 amide bonds. The van der Waals surface area contributed by atoms with E-state index in [2.05, 4.69) is 48.4 Å². The molecule has 2 N–H and O–H groups in total. The van der Waals surface area contributed by atoms with Crippen LogP contribution >= 0.6 is 35.3 Å². The summed E-state index contributed by atoms with van der Waals surface area (Å²) in [6, 6.07) is 4.83. The average molecular weight is 464 g/mol. The first-order valence-electron chi connectivity index (χ1n) is 9.00. The van der Waals surface area contributed by atoms with Gasteiger partial charge in [0.15, 0.2) is 5.96 Å². The van der Waals surface area contributed by atoms with Gasteiger partial charge in [-0.15, -0.1) is 35.3 Å². The van der Waals surface area contributed by atoms with Gasteiger partial charge in [-0.3, -0.25) is 4.99 Å². The second-order valence-electron chi connectivity index (χ2n) is 6.42. The summed E-state index contributed by atoms with van der Waals surface area (Å²) in [4.78, 5) is 10.1. The Kier molecular flexibility index (Phi) is 10.9. The van der Waals surface area contributed by atoms with Crippen molar-refractivity contribution in [1.82, 2.24) is 15.5 Å². The van der Waals surface area contributed by atoms with Crippen molar-refractivity contribution >= 4 is 41.3 Å². The largest absolute Gasteiger partial charge is 0.357 e. The Hall–Kier alpha value is -0.340. The Morgan fingerprint density at radius 2 is 2.08 bits per heavy atom. The zero-order valence-corrected chi connectivity index (χ0v) is 18.5. The molecular formula is C18H33IN4S. The van der Waals surface area contributed by atoms with Crippen LogP contribution in [0.5, 0.6) is 0 Å². The molecule has 0 spiro atoms. The van der Waals surface area contributed by atoms with Crippen LogP contribution in [-0.2, 0) is 6.42 Å². The molecule has 0 saturated carbocycles. The van der Waals surface area contributed by atoms with Crippen molar-refractivity contribution in [3.8, 4) is 0 Å². The maximum Gasteiger partial charge on any atom is 0.191 e. The first-order chi connectivity index (χ1) is 11.2. The van der Waals surface area contributed by atoms with E-state index in [1.54, 1.807) is 0 Å². The molecule has 2 heterocycles. The predicted molar refractivity (Wildman–Crippen MR) is 117 cm³/mol. The second-order valence-corrected chi connectivity index (χ2v) is 7.80. The van der Waals surface area contributed by atoms with Crippen molar-refractivity contribution in [3.63, 3.8) is 0 Å². The molecule has 1 saturated heterocycles. The summed E-state index contributed by atoms with van der Waals surface area (Å²) in [5.74, 6) is 0.953. The standard InChI is InChI=1S/C18H32N4S.HI/c1-4-19-18(20-10-7-13-22-11-5-6-12-22)21-15(2)14-17-9-8-16(3)23-17;/h8-9,15H,4-7,10-14H2,1-3H3,(H2,19,20,21);1H. The molecule has 1 fully saturated rings. The number of halogens is 1. The summed E-state index contributed by atoms with van der Waals surface area (Å²) in [7, 11) is 0. The number of nitrogens with zero attached hydrogens (tertiary/aromatic N) is 2. The minimum absolute atomic E-state index is 0. The number of hydrogen-bond donors (Lipinski definition) is 2. The molecule has 1 atom stereocenters. The molecule has 0 bridgehead atoms. The van der Waals surface area contributed by atoms with Crippen molar-refractivity contribution in [1.29, 1.82) is 0 Å². The third kappa shape index (κ3) is 8.16. The normalized spacial score (nSPS) is 16.7. The van der Waals surface area contributed by atoms with Crippen LogP contribution in [0, 0.1) is 6.92 Å². The summed E-state index contributed by atoms with van der Waals surface area (Å²) in [5.41, 5.74) is 0. The molecule has 1 aromatic heterocycles. The highest BCUT2D eigenvalue weighted by Crippen LogP contribution is 2.16. The lowest BCUT2D eigenvalue weighted by Gasteiger charge is -2.18. The van der Waals surface area contributed by atoms with E-state index in [4.69, 9.17) is 4.99 Å². The average Bonchev–Trinajstić information content (AvgIpc) is 3.15. The summed E-state index contributed by atoms with van der Waals surface area (Å²) < 4.78 is 0. The van der Waals surface area contributed by atoms with Crippen LogP contribution in [0.2, 0.25) is 0 Å². The second kappa shape index (κ2) is 12.1. The van der Waals surface area contributed by atoms with Crippen molar-refractivity contribution < 1.29 is 0 Å². The summed E-state index contributed by atoms with van der Waals surface area (Å²) in [6.07, 6.45) is 4.94. The van der Waals surface area contributed by atoms with Gasteiger partial charge in [0.05, 0.1) is 0 Å². The molecule has 138 valence electrons. The van der Waals surface area contributed by atoms with Gasteiger partial charge < -0.3 is 15.5 Å². The van der Waals surface area contributed by atoms with Crippen LogP contribution in [0.1, 0.15) is 42.9 Å². The highest BCUT2D eigenvalue weighted by Gasteiger charge is 2.10. The van der Waals surface area contributed by atoms with Crippen LogP contribution in [0.15, 0.2) is 17.1 Å². The Labute approximate surface area is 168 Å². The molecule has 0 radical (unpaired) electrons. The number of aliphatic imine (C=N–C) groups is 1. The predicted octanol–water partition coefficient (Wildman–Crippen LogP) is 3.65. The maximum absolute atomic E-state index is 4.73. The number of guanidine groups is 1. The number of hydrogen-bond acceptors (Lipinski definition) is 3. The van der Waals surface area contributed by atoms with Gasteiger partial charge in [-0.2, -0.15) is 0 Å². The monoisotopic (exact) mass is 464 g/mol. The molecule has 6 heteroatoms. The smallest absolute Gasteiger partial charge is 0.191 e. The van der Waals surface area contributed by atoms with E-state index < -0.39 is 0 Å². The SMILES string of the molecule is CCNC(=NCCCN1CCCC1)NC(C)Cc1ccc(C)s1.I. The van der Waals surface area contributed by atoms with E-state index in [1.807, 2.05) is 11.3 Å². The van der Waals surface area contributed by atoms with Gasteiger partial charge in [-0.1, -0.05) is 0 Å². The maximum atomic E-state index is 4.73. The number of likely N-dealkylation sites (tertiary alicyclic amines) is 1. The Morgan fingerprint density at radius 1 is 1.33 bits per heavy atom. The van der Waals surface area contributed by atoms with Crippen LogP contribution < -0.4 is 10.6 Å². The fourth-order valence-electron chi connectivity index (χ4n) is 2.99. The van der Waals surface area contributed by atoms with E-state index in [0.717, 1.165) is 31.9 Å². The molecule has 0 aromatic carbocycles. The van der Waals surface area contributed by atoms with Gasteiger partial charge >= 0.3 is 0 Å². The van der Waals surface area contributed by atoms with Crippen LogP contribution in [0.25, 0.3) is 0 Å². The highest BCUT2D eigenvalue weighted by atomic mass is 127. The summed E-state index contributed by atoms with van der Waals surface area (Å²) >= 11 is 1.89. The fraction of sp³-hybridized carbons (Fsp3) is 0.722. The van der Waals surface area contributed by atoms with E-state index in [9.17, 15) is 0 Å². The van der Waals surface area contributed by atoms with Crippen LogP contribution in [0.4, 0.5) is 0 Å². The molecule has 24 heavy (non-hydrogen) atoms. The van der Waals surface area contributed by atoms with Gasteiger partial charge in [-0.05, 0) is 71.8 Å². The Bertz CT molecular complexity index is 483. The summed E-state index contributed by atoms with van der Waals surface area (Å²) in [5, 5.41) is 6.90. The van der Waals surface area contributed by atoms with Gasteiger partial charge in [0, 0.05) is 35.3 Å². The number of nitrogens with one attached hydrogen (secondary N) is 2. The lowest BCUT2D eigenvalue weighted by molar-refractivity contribution is 0.336. The Balaban J connectivity index is 0.00000288. The molecule has 2 rings (SSSR count). The molecule has 1 unspecified atom stereocenters. The van der Waals surface area contributed by atoms with Crippen LogP contribution in [0.3, 0.4) is 0 Å². The van der Waals surface area contributed by atoms with Crippen molar-refractivity contribution in [2.75, 3.05) is 32.7 Å². The van der Waals surface area contributed by atoms with Crippen LogP contribution in [-0.4, -0.2) is 49.6 Å². The van der Waals surface area contributed by atoms with Crippen molar-refractivity contribution in [2.24, 2.45) is 4.99 Å². The molecule has 1 aliphatic rings. The molecule has 4 nitrogen and oxygen atoms in total. The van der Waals surface area contributed by atoms with E-state index in [0.29, 0.717) is 6.04 Å². The third-order valence-electron chi connectivity index (χ3n) is 4.13. The van der Waals surface area contributed by atoms with E-state index in [-0.39, 0.29) is 24.0 Å². The molecule has 0 aliphatic carbocycles. The van der Waals surface area contributed by atoms with Crippen molar-refractivity contribution in [3.05, 3.63) is 21.9 Å².